The van der Waals surface area contributed by atoms with Gasteiger partial charge in [0.05, 0.1) is 46.3 Å². The lowest BCUT2D eigenvalue weighted by Crippen LogP contribution is -2.53. The highest BCUT2D eigenvalue weighted by Gasteiger charge is 2.41. The number of nitrogens with zero attached hydrogens (tertiary/aromatic N) is 1. The number of aromatic amines is 1. The average molecular weight is 503 g/mol. The number of carbonyl (C=O) groups excluding carboxylic acids is 2. The van der Waals surface area contributed by atoms with Crippen LogP contribution in [0.3, 0.4) is 0 Å². The standard InChI is InChI=1S/C27H23ClN4O4/c1-27(14-35-15-7-8-15)26(34)31-21-13-30-25-22(23(21)32-27)19(12-29-25)24(33)18-10-9-17(11-20(18)28)36-16-5-3-2-4-6-16/h2-6,9-13,15,32H,7-8,14H2,1H3,(H,29,30)(H,31,34)/t27-/m1/s1. The summed E-state index contributed by atoms with van der Waals surface area (Å²) in [6.07, 6.45) is 5.40. The van der Waals surface area contributed by atoms with E-state index in [2.05, 4.69) is 20.6 Å². The summed E-state index contributed by atoms with van der Waals surface area (Å²) in [5.74, 6) is 0.708. The Bertz CT molecular complexity index is 1500. The highest BCUT2D eigenvalue weighted by Crippen LogP contribution is 2.40. The van der Waals surface area contributed by atoms with E-state index in [0.29, 0.717) is 45.0 Å². The Kier molecular flexibility index (Phi) is 5.43. The second-order valence-corrected chi connectivity index (χ2v) is 9.69. The molecule has 1 aliphatic heterocycles. The molecule has 36 heavy (non-hydrogen) atoms. The van der Waals surface area contributed by atoms with Crippen molar-refractivity contribution in [3.05, 3.63) is 77.1 Å². The van der Waals surface area contributed by atoms with Crippen LogP contribution in [0.25, 0.3) is 11.0 Å². The number of carbonyl (C=O) groups is 2. The maximum atomic E-state index is 13.6. The van der Waals surface area contributed by atoms with Crippen LogP contribution in [0, 0.1) is 0 Å². The number of hydrogen-bond donors (Lipinski definition) is 3. The van der Waals surface area contributed by atoms with Gasteiger partial charge in [0.15, 0.2) is 5.78 Å². The van der Waals surface area contributed by atoms with Gasteiger partial charge in [0, 0.05) is 17.8 Å². The van der Waals surface area contributed by atoms with Crippen LogP contribution < -0.4 is 15.4 Å². The summed E-state index contributed by atoms with van der Waals surface area (Å²) < 4.78 is 11.7. The van der Waals surface area contributed by atoms with E-state index >= 15 is 0 Å². The zero-order chi connectivity index (χ0) is 24.9. The molecule has 0 spiro atoms. The van der Waals surface area contributed by atoms with Crippen molar-refractivity contribution < 1.29 is 19.1 Å². The molecule has 3 heterocycles. The minimum atomic E-state index is -0.991. The first-order valence-corrected chi connectivity index (χ1v) is 12.1. The Balaban J connectivity index is 1.34. The van der Waals surface area contributed by atoms with Crippen LogP contribution in [0.4, 0.5) is 11.4 Å². The van der Waals surface area contributed by atoms with Gasteiger partial charge in [-0.25, -0.2) is 4.98 Å². The molecule has 0 bridgehead atoms. The van der Waals surface area contributed by atoms with Gasteiger partial charge in [-0.1, -0.05) is 29.8 Å². The summed E-state index contributed by atoms with van der Waals surface area (Å²) in [6, 6.07) is 14.3. The fourth-order valence-corrected chi connectivity index (χ4v) is 4.48. The highest BCUT2D eigenvalue weighted by molar-refractivity contribution is 6.36. The lowest BCUT2D eigenvalue weighted by Gasteiger charge is -2.35. The number of benzene rings is 2. The molecule has 2 aromatic heterocycles. The third kappa shape index (κ3) is 4.08. The van der Waals surface area contributed by atoms with E-state index in [1.54, 1.807) is 37.5 Å². The number of H-pyrrole nitrogens is 1. The number of halogens is 1. The molecule has 3 N–H and O–H groups in total. The molecule has 182 valence electrons. The highest BCUT2D eigenvalue weighted by atomic mass is 35.5. The van der Waals surface area contributed by atoms with Crippen LogP contribution in [0.2, 0.25) is 5.02 Å². The van der Waals surface area contributed by atoms with Gasteiger partial charge in [-0.15, -0.1) is 0 Å². The Morgan fingerprint density at radius 3 is 2.69 bits per heavy atom. The minimum absolute atomic E-state index is 0.204. The van der Waals surface area contributed by atoms with E-state index in [-0.39, 0.29) is 29.4 Å². The Morgan fingerprint density at radius 1 is 1.14 bits per heavy atom. The van der Waals surface area contributed by atoms with Crippen LogP contribution in [-0.2, 0) is 9.53 Å². The zero-order valence-corrected chi connectivity index (χ0v) is 20.2. The molecule has 6 rings (SSSR count). The second kappa shape index (κ2) is 8.65. The number of fused-ring (bicyclic) bond motifs is 3. The van der Waals surface area contributed by atoms with Crippen molar-refractivity contribution in [2.75, 3.05) is 17.2 Å². The van der Waals surface area contributed by atoms with Crippen LogP contribution in [0.1, 0.15) is 35.7 Å². The first-order chi connectivity index (χ1) is 17.4. The largest absolute Gasteiger partial charge is 0.457 e. The van der Waals surface area contributed by atoms with E-state index < -0.39 is 5.54 Å². The predicted octanol–water partition coefficient (Wildman–Crippen LogP) is 5.54. The fourth-order valence-electron chi connectivity index (χ4n) is 4.23. The van der Waals surface area contributed by atoms with Crippen LogP contribution in [-0.4, -0.2) is 39.9 Å². The normalized spacial score (nSPS) is 18.9. The molecule has 0 unspecified atom stereocenters. The van der Waals surface area contributed by atoms with Gasteiger partial charge in [-0.05, 0) is 44.0 Å². The van der Waals surface area contributed by atoms with Crippen LogP contribution >= 0.6 is 11.6 Å². The molecule has 2 aromatic carbocycles. The van der Waals surface area contributed by atoms with E-state index in [0.717, 1.165) is 12.8 Å². The molecule has 1 saturated carbocycles. The van der Waals surface area contributed by atoms with Crippen molar-refractivity contribution in [2.24, 2.45) is 0 Å². The van der Waals surface area contributed by atoms with Gasteiger partial charge in [-0.3, -0.25) is 9.59 Å². The lowest BCUT2D eigenvalue weighted by molar-refractivity contribution is -0.122. The molecule has 9 heteroatoms. The fraction of sp³-hybridized carbons (Fsp3) is 0.222. The third-order valence-electron chi connectivity index (χ3n) is 6.39. The van der Waals surface area contributed by atoms with Gasteiger partial charge in [0.1, 0.15) is 22.7 Å². The third-order valence-corrected chi connectivity index (χ3v) is 6.71. The number of aromatic nitrogens is 2. The van der Waals surface area contributed by atoms with E-state index in [1.807, 2.05) is 30.3 Å². The topological polar surface area (TPSA) is 105 Å². The summed E-state index contributed by atoms with van der Waals surface area (Å²) >= 11 is 6.53. The summed E-state index contributed by atoms with van der Waals surface area (Å²) in [5.41, 5.74) is 1.37. The minimum Gasteiger partial charge on any atom is -0.457 e. The molecular weight excluding hydrogens is 480 g/mol. The Hall–Kier alpha value is -3.88. The van der Waals surface area contributed by atoms with Crippen molar-refractivity contribution in [3.63, 3.8) is 0 Å². The molecule has 1 atom stereocenters. The summed E-state index contributed by atoms with van der Waals surface area (Å²) in [5, 5.41) is 7.09. The van der Waals surface area contributed by atoms with Crippen molar-refractivity contribution in [1.29, 1.82) is 0 Å². The van der Waals surface area contributed by atoms with Crippen molar-refractivity contribution in [3.8, 4) is 11.5 Å². The predicted molar refractivity (Wildman–Crippen MR) is 137 cm³/mol. The maximum Gasteiger partial charge on any atom is 0.252 e. The monoisotopic (exact) mass is 502 g/mol. The maximum absolute atomic E-state index is 13.6. The molecule has 1 amide bonds. The van der Waals surface area contributed by atoms with Gasteiger partial charge in [0.25, 0.3) is 5.91 Å². The number of para-hydroxylation sites is 1. The van der Waals surface area contributed by atoms with Crippen molar-refractivity contribution in [1.82, 2.24) is 9.97 Å². The van der Waals surface area contributed by atoms with Crippen LogP contribution in [0.15, 0.2) is 60.9 Å². The van der Waals surface area contributed by atoms with Crippen LogP contribution in [0.5, 0.6) is 11.5 Å². The lowest BCUT2D eigenvalue weighted by atomic mass is 9.96. The molecule has 8 nitrogen and oxygen atoms in total. The summed E-state index contributed by atoms with van der Waals surface area (Å²) in [6.45, 7) is 2.01. The second-order valence-electron chi connectivity index (χ2n) is 9.28. The van der Waals surface area contributed by atoms with Gasteiger partial charge in [0.2, 0.25) is 0 Å². The molecular formula is C27H23ClN4O4. The SMILES string of the molecule is C[C@]1(COC2CC2)Nc2c(cnc3[nH]cc(C(=O)c4ccc(Oc5ccccc5)cc4Cl)c23)NC1=O. The average Bonchev–Trinajstić information content (AvgIpc) is 3.60. The number of anilines is 2. The number of rotatable bonds is 7. The Labute approximate surface area is 212 Å². The van der Waals surface area contributed by atoms with Crippen molar-refractivity contribution in [2.45, 2.75) is 31.4 Å². The number of ketones is 1. The van der Waals surface area contributed by atoms with E-state index in [4.69, 9.17) is 21.1 Å². The first-order valence-electron chi connectivity index (χ1n) is 11.7. The van der Waals surface area contributed by atoms with Gasteiger partial charge in [-0.2, -0.15) is 0 Å². The summed E-state index contributed by atoms with van der Waals surface area (Å²) in [7, 11) is 0. The first kappa shape index (κ1) is 22.6. The zero-order valence-electron chi connectivity index (χ0n) is 19.4. The molecule has 1 fully saturated rings. The Morgan fingerprint density at radius 2 is 1.94 bits per heavy atom. The molecule has 4 aromatic rings. The van der Waals surface area contributed by atoms with E-state index in [9.17, 15) is 9.59 Å². The summed E-state index contributed by atoms with van der Waals surface area (Å²) in [4.78, 5) is 33.9. The number of nitrogens with one attached hydrogen (secondary N) is 3. The number of pyridine rings is 1. The molecule has 0 saturated heterocycles. The number of ether oxygens (including phenoxy) is 2. The number of amides is 1. The molecule has 0 radical (unpaired) electrons. The smallest absolute Gasteiger partial charge is 0.252 e. The molecule has 2 aliphatic rings. The van der Waals surface area contributed by atoms with Crippen molar-refractivity contribution >= 4 is 45.7 Å². The van der Waals surface area contributed by atoms with E-state index in [1.165, 1.54) is 0 Å². The number of hydrogen-bond acceptors (Lipinski definition) is 6. The van der Waals surface area contributed by atoms with Gasteiger partial charge < -0.3 is 25.1 Å². The quantitative estimate of drug-likeness (QED) is 0.286. The molecule has 1 aliphatic carbocycles. The van der Waals surface area contributed by atoms with Gasteiger partial charge >= 0.3 is 0 Å².